The van der Waals surface area contributed by atoms with Gasteiger partial charge in [0.15, 0.2) is 0 Å². The molecule has 28 heavy (non-hydrogen) atoms. The minimum absolute atomic E-state index is 0.0437. The second-order valence-corrected chi connectivity index (χ2v) is 9.73. The van der Waals surface area contributed by atoms with E-state index >= 15 is 0 Å². The van der Waals surface area contributed by atoms with Crippen LogP contribution in [0.2, 0.25) is 0 Å². The molecule has 0 atom stereocenters. The van der Waals surface area contributed by atoms with Gasteiger partial charge in [0.05, 0.1) is 11.2 Å². The maximum absolute atomic E-state index is 6.59. The summed E-state index contributed by atoms with van der Waals surface area (Å²) in [7, 11) is -0.315. The lowest BCUT2D eigenvalue weighted by Crippen LogP contribution is -2.59. The van der Waals surface area contributed by atoms with E-state index in [9.17, 15) is 0 Å². The van der Waals surface area contributed by atoms with Gasteiger partial charge in [-0.2, -0.15) is 0 Å². The van der Waals surface area contributed by atoms with Crippen molar-refractivity contribution < 1.29 is 9.31 Å². The van der Waals surface area contributed by atoms with E-state index in [1.165, 1.54) is 44.3 Å². The van der Waals surface area contributed by atoms with Gasteiger partial charge in [-0.15, -0.1) is 0 Å². The average Bonchev–Trinajstić information content (AvgIpc) is 2.71. The zero-order valence-electron chi connectivity index (χ0n) is 19.3. The predicted octanol–water partition coefficient (Wildman–Crippen LogP) is 4.32. The first-order valence-corrected chi connectivity index (χ1v) is 10.3. The van der Waals surface area contributed by atoms with Crippen molar-refractivity contribution in [2.24, 2.45) is 0 Å². The summed E-state index contributed by atoms with van der Waals surface area (Å²) in [5, 5.41) is 0. The van der Waals surface area contributed by atoms with Crippen LogP contribution in [0.4, 0.5) is 0 Å². The minimum Gasteiger partial charge on any atom is -0.409 e. The van der Waals surface area contributed by atoms with E-state index in [1.54, 1.807) is 0 Å². The molecule has 2 aromatic carbocycles. The summed E-state index contributed by atoms with van der Waals surface area (Å²) in [6.45, 7) is 21.8. The van der Waals surface area contributed by atoms with Crippen molar-refractivity contribution in [2.45, 2.75) is 80.4 Å². The molecule has 148 valence electrons. The van der Waals surface area contributed by atoms with Crippen molar-refractivity contribution in [3.05, 3.63) is 57.6 Å². The summed E-state index contributed by atoms with van der Waals surface area (Å²) in [6.07, 6.45) is 0. The fraction of sp³-hybridized carbons (Fsp3) is 0.500. The Morgan fingerprint density at radius 1 is 0.607 bits per heavy atom. The minimum atomic E-state index is -0.352. The van der Waals surface area contributed by atoms with Crippen LogP contribution in [0.25, 0.3) is 0 Å². The maximum atomic E-state index is 6.59. The molecule has 0 amide bonds. The summed E-state index contributed by atoms with van der Waals surface area (Å²) in [5.74, 6) is 0. The van der Waals surface area contributed by atoms with E-state index in [2.05, 4.69) is 93.5 Å². The summed E-state index contributed by atoms with van der Waals surface area (Å²) in [4.78, 5) is 0. The van der Waals surface area contributed by atoms with Crippen molar-refractivity contribution in [2.75, 3.05) is 0 Å². The van der Waals surface area contributed by atoms with Crippen LogP contribution < -0.4 is 10.9 Å². The normalized spacial score (nSPS) is 17.9. The van der Waals surface area contributed by atoms with Gasteiger partial charge in [-0.1, -0.05) is 68.6 Å². The molecule has 4 heteroatoms. The first kappa shape index (κ1) is 21.2. The highest BCUT2D eigenvalue weighted by atomic mass is 16.7. The number of benzene rings is 2. The second-order valence-electron chi connectivity index (χ2n) is 9.73. The zero-order valence-corrected chi connectivity index (χ0v) is 19.3. The molecule has 0 aromatic heterocycles. The Morgan fingerprint density at radius 2 is 0.893 bits per heavy atom. The van der Waals surface area contributed by atoms with Gasteiger partial charge in [-0.25, -0.2) is 0 Å². The van der Waals surface area contributed by atoms with E-state index in [-0.39, 0.29) is 24.8 Å². The standard InChI is InChI=1S/C24H34B2O2/c1-15-11-17(3)21(18(4)12-15)25(22-19(5)13-16(2)14-20(22)6)26-27-23(7,8)24(9,10)28-26/h11-14H,1-10H3. The molecule has 1 aliphatic heterocycles. The van der Waals surface area contributed by atoms with Crippen molar-refractivity contribution in [1.82, 2.24) is 0 Å². The molecular weight excluding hydrogens is 342 g/mol. The van der Waals surface area contributed by atoms with Crippen LogP contribution >= 0.6 is 0 Å². The third kappa shape index (κ3) is 3.57. The molecule has 0 N–H and O–H groups in total. The van der Waals surface area contributed by atoms with Gasteiger partial charge in [0.25, 0.3) is 6.60 Å². The number of rotatable bonds is 3. The van der Waals surface area contributed by atoms with Gasteiger partial charge in [0, 0.05) is 0 Å². The van der Waals surface area contributed by atoms with Crippen LogP contribution in [0.5, 0.6) is 0 Å². The van der Waals surface area contributed by atoms with Gasteiger partial charge >= 0.3 is 7.01 Å². The monoisotopic (exact) mass is 376 g/mol. The Labute approximate surface area is 172 Å². The van der Waals surface area contributed by atoms with E-state index < -0.39 is 0 Å². The van der Waals surface area contributed by atoms with Gasteiger partial charge in [-0.05, 0) is 69.2 Å². The molecule has 0 aliphatic carbocycles. The van der Waals surface area contributed by atoms with E-state index in [0.717, 1.165) is 0 Å². The van der Waals surface area contributed by atoms with E-state index in [1.807, 2.05) is 0 Å². The highest BCUT2D eigenvalue weighted by Crippen LogP contribution is 2.37. The number of hydrogen-bond acceptors (Lipinski definition) is 2. The third-order valence-electron chi connectivity index (χ3n) is 6.64. The Kier molecular flexibility index (Phi) is 5.36. The molecular formula is C24H34B2O2. The molecule has 0 bridgehead atoms. The van der Waals surface area contributed by atoms with Crippen LogP contribution in [0.3, 0.4) is 0 Å². The highest BCUT2D eigenvalue weighted by molar-refractivity contribution is 7.29. The Hall–Kier alpha value is -1.51. The number of hydrogen-bond donors (Lipinski definition) is 0. The Morgan fingerprint density at radius 3 is 1.18 bits per heavy atom. The van der Waals surface area contributed by atoms with Crippen molar-refractivity contribution >= 4 is 24.5 Å². The molecule has 1 aliphatic rings. The molecule has 1 heterocycles. The van der Waals surface area contributed by atoms with Gasteiger partial charge in [0.1, 0.15) is 0 Å². The lowest BCUT2D eigenvalue weighted by molar-refractivity contribution is 0.00578. The van der Waals surface area contributed by atoms with Crippen LogP contribution in [0, 0.1) is 41.5 Å². The first-order chi connectivity index (χ1) is 12.8. The smallest absolute Gasteiger partial charge is 0.409 e. The van der Waals surface area contributed by atoms with Crippen LogP contribution in [-0.2, 0) is 9.31 Å². The lowest BCUT2D eigenvalue weighted by atomic mass is 9.17. The molecule has 1 fully saturated rings. The van der Waals surface area contributed by atoms with E-state index in [0.29, 0.717) is 0 Å². The summed E-state index contributed by atoms with van der Waals surface area (Å²) in [5.41, 5.74) is 9.76. The second kappa shape index (κ2) is 7.07. The number of aryl methyl sites for hydroxylation is 6. The highest BCUT2D eigenvalue weighted by Gasteiger charge is 2.56. The Balaban J connectivity index is 2.26. The molecule has 2 aromatic rings. The van der Waals surface area contributed by atoms with Crippen LogP contribution in [0.15, 0.2) is 24.3 Å². The molecule has 0 spiro atoms. The Bertz CT molecular complexity index is 795. The van der Waals surface area contributed by atoms with Crippen molar-refractivity contribution in [3.63, 3.8) is 0 Å². The molecule has 2 nitrogen and oxygen atoms in total. The average molecular weight is 376 g/mol. The van der Waals surface area contributed by atoms with Crippen molar-refractivity contribution in [1.29, 1.82) is 0 Å². The molecule has 0 radical (unpaired) electrons. The molecule has 0 saturated carbocycles. The summed E-state index contributed by atoms with van der Waals surface area (Å²) < 4.78 is 13.2. The van der Waals surface area contributed by atoms with Crippen molar-refractivity contribution in [3.8, 4) is 0 Å². The first-order valence-electron chi connectivity index (χ1n) is 10.3. The SMILES string of the molecule is Cc1cc(C)c(B(B2OC(C)(C)C(C)(C)O2)c2c(C)cc(C)cc2C)c(C)c1. The third-order valence-corrected chi connectivity index (χ3v) is 6.64. The van der Waals surface area contributed by atoms with Gasteiger partial charge < -0.3 is 9.31 Å². The van der Waals surface area contributed by atoms with E-state index in [4.69, 9.17) is 9.31 Å². The fourth-order valence-electron chi connectivity index (χ4n) is 4.80. The van der Waals surface area contributed by atoms with Crippen LogP contribution in [-0.4, -0.2) is 24.8 Å². The van der Waals surface area contributed by atoms with Gasteiger partial charge in [0.2, 0.25) is 0 Å². The van der Waals surface area contributed by atoms with Gasteiger partial charge in [-0.3, -0.25) is 0 Å². The fourth-order valence-corrected chi connectivity index (χ4v) is 4.80. The lowest BCUT2D eigenvalue weighted by Gasteiger charge is -2.32. The summed E-state index contributed by atoms with van der Waals surface area (Å²) in [6, 6.07) is 9.11. The predicted molar refractivity (Wildman–Crippen MR) is 122 cm³/mol. The summed E-state index contributed by atoms with van der Waals surface area (Å²) >= 11 is 0. The topological polar surface area (TPSA) is 18.5 Å². The van der Waals surface area contributed by atoms with Crippen LogP contribution in [0.1, 0.15) is 61.1 Å². The molecule has 0 unspecified atom stereocenters. The molecule has 1 saturated heterocycles. The largest absolute Gasteiger partial charge is 0.420 e. The quantitative estimate of drug-likeness (QED) is 0.744. The maximum Gasteiger partial charge on any atom is 0.420 e. The molecule has 3 rings (SSSR count). The zero-order chi connectivity index (χ0) is 21.0.